The maximum Gasteiger partial charge on any atom is 0.163 e. The Morgan fingerprint density at radius 2 is 1.81 bits per heavy atom. The highest BCUT2D eigenvalue weighted by molar-refractivity contribution is 5.98. The molecule has 1 aromatic carbocycles. The maximum absolute atomic E-state index is 12.6. The van der Waals surface area contributed by atoms with Crippen LogP contribution in [0.2, 0.25) is 0 Å². The molecule has 0 N–H and O–H groups in total. The van der Waals surface area contributed by atoms with Crippen LogP contribution in [0, 0.1) is 11.3 Å². The lowest BCUT2D eigenvalue weighted by molar-refractivity contribution is -0.119. The summed E-state index contributed by atoms with van der Waals surface area (Å²) in [6.45, 7) is 4.29. The van der Waals surface area contributed by atoms with Crippen LogP contribution in [0.1, 0.15) is 50.0 Å². The highest BCUT2D eigenvalue weighted by atomic mass is 16.6. The highest BCUT2D eigenvalue weighted by Crippen LogP contribution is 2.62. The molecule has 2 bridgehead atoms. The number of benzene rings is 1. The van der Waals surface area contributed by atoms with E-state index in [0.717, 1.165) is 17.8 Å². The predicted octanol–water partition coefficient (Wildman–Crippen LogP) is 3.47. The zero-order valence-corrected chi connectivity index (χ0v) is 12.3. The summed E-state index contributed by atoms with van der Waals surface area (Å²) in [4.78, 5) is 12.6. The van der Waals surface area contributed by atoms with Crippen molar-refractivity contribution in [1.29, 1.82) is 0 Å². The lowest BCUT2D eigenvalue weighted by Gasteiger charge is -2.29. The minimum absolute atomic E-state index is 0.00212. The van der Waals surface area contributed by atoms with Gasteiger partial charge in [0.25, 0.3) is 0 Å². The first kappa shape index (κ1) is 12.0. The molecule has 0 radical (unpaired) electrons. The second-order valence-corrected chi connectivity index (χ2v) is 7.49. The van der Waals surface area contributed by atoms with Gasteiger partial charge < -0.3 is 9.47 Å². The number of allylic oxidation sites excluding steroid dienone is 1. The number of carbonyl (C=O) groups excluding carboxylic acids is 1. The SMILES string of the molecule is CC1(C)CC(=O)C2=C(C1)O[C@@H]1[C@H]2[C@@H]2O[C@H]1c1ccccc12. The van der Waals surface area contributed by atoms with Gasteiger partial charge >= 0.3 is 0 Å². The normalized spacial score (nSPS) is 38.1. The molecule has 1 fully saturated rings. The van der Waals surface area contributed by atoms with Crippen LogP contribution >= 0.6 is 0 Å². The van der Waals surface area contributed by atoms with Gasteiger partial charge in [0.2, 0.25) is 0 Å². The van der Waals surface area contributed by atoms with Crippen molar-refractivity contribution < 1.29 is 14.3 Å². The Morgan fingerprint density at radius 3 is 2.57 bits per heavy atom. The van der Waals surface area contributed by atoms with Crippen molar-refractivity contribution in [2.75, 3.05) is 0 Å². The van der Waals surface area contributed by atoms with Crippen molar-refractivity contribution in [2.45, 2.75) is 45.0 Å². The van der Waals surface area contributed by atoms with Crippen LogP contribution in [0.15, 0.2) is 35.6 Å². The van der Waals surface area contributed by atoms with Crippen molar-refractivity contribution in [2.24, 2.45) is 11.3 Å². The van der Waals surface area contributed by atoms with E-state index in [1.807, 2.05) is 0 Å². The number of ketones is 1. The summed E-state index contributed by atoms with van der Waals surface area (Å²) in [6, 6.07) is 8.36. The second-order valence-electron chi connectivity index (χ2n) is 7.49. The van der Waals surface area contributed by atoms with Gasteiger partial charge in [-0.2, -0.15) is 0 Å². The molecule has 4 aliphatic rings. The highest BCUT2D eigenvalue weighted by Gasteiger charge is 2.60. The first-order chi connectivity index (χ1) is 10.1. The van der Waals surface area contributed by atoms with E-state index < -0.39 is 0 Å². The summed E-state index contributed by atoms with van der Waals surface area (Å²) in [7, 11) is 0. The van der Waals surface area contributed by atoms with Crippen LogP contribution in [-0.2, 0) is 14.3 Å². The third-order valence-electron chi connectivity index (χ3n) is 5.37. The molecule has 5 rings (SSSR count). The number of carbonyl (C=O) groups is 1. The third kappa shape index (κ3) is 1.40. The van der Waals surface area contributed by atoms with Gasteiger partial charge in [-0.1, -0.05) is 38.1 Å². The number of fused-ring (bicyclic) bond motifs is 9. The average Bonchev–Trinajstić information content (AvgIpc) is 3.04. The second kappa shape index (κ2) is 3.58. The molecule has 3 nitrogen and oxygen atoms in total. The summed E-state index contributed by atoms with van der Waals surface area (Å²) in [5.41, 5.74) is 3.44. The quantitative estimate of drug-likeness (QED) is 0.731. The molecular weight excluding hydrogens is 264 g/mol. The van der Waals surface area contributed by atoms with E-state index in [0.29, 0.717) is 6.42 Å². The average molecular weight is 282 g/mol. The molecule has 0 saturated carbocycles. The summed E-state index contributed by atoms with van der Waals surface area (Å²) < 4.78 is 12.4. The summed E-state index contributed by atoms with van der Waals surface area (Å²) >= 11 is 0. The van der Waals surface area contributed by atoms with Gasteiger partial charge in [-0.25, -0.2) is 0 Å². The Morgan fingerprint density at radius 1 is 1.10 bits per heavy atom. The Hall–Kier alpha value is -1.61. The fourth-order valence-electron chi connectivity index (χ4n) is 4.60. The molecule has 0 aromatic heterocycles. The molecule has 3 heterocycles. The number of ether oxygens (including phenoxy) is 2. The number of rotatable bonds is 0. The number of hydrogen-bond acceptors (Lipinski definition) is 3. The van der Waals surface area contributed by atoms with Crippen molar-refractivity contribution in [3.05, 3.63) is 46.7 Å². The molecule has 0 unspecified atom stereocenters. The van der Waals surface area contributed by atoms with Gasteiger partial charge in [-0.15, -0.1) is 0 Å². The van der Waals surface area contributed by atoms with Gasteiger partial charge in [-0.05, 0) is 16.5 Å². The van der Waals surface area contributed by atoms with E-state index in [1.165, 1.54) is 11.1 Å². The predicted molar refractivity (Wildman–Crippen MR) is 76.4 cm³/mol. The molecule has 21 heavy (non-hydrogen) atoms. The Kier molecular flexibility index (Phi) is 2.05. The van der Waals surface area contributed by atoms with Crippen molar-refractivity contribution in [3.63, 3.8) is 0 Å². The van der Waals surface area contributed by atoms with Crippen LogP contribution in [-0.4, -0.2) is 11.9 Å². The lowest BCUT2D eigenvalue weighted by Crippen LogP contribution is -2.29. The standard InChI is InChI=1S/C18H18O3/c1-18(2)7-11(19)13-12(8-18)20-17-14(13)15-9-5-3-4-6-10(9)16(17)21-15/h3-6,14-17H,7-8H2,1-2H3/t14-,15-,16+,17-/m1/s1. The monoisotopic (exact) mass is 282 g/mol. The first-order valence-electron chi connectivity index (χ1n) is 7.72. The molecule has 1 saturated heterocycles. The largest absolute Gasteiger partial charge is 0.490 e. The Bertz CT molecular complexity index is 700. The van der Waals surface area contributed by atoms with Gasteiger partial charge in [0, 0.05) is 18.4 Å². The minimum Gasteiger partial charge on any atom is -0.490 e. The third-order valence-corrected chi connectivity index (χ3v) is 5.37. The van der Waals surface area contributed by atoms with Crippen LogP contribution in [0.3, 0.4) is 0 Å². The van der Waals surface area contributed by atoms with E-state index in [9.17, 15) is 4.79 Å². The van der Waals surface area contributed by atoms with E-state index in [2.05, 4.69) is 38.1 Å². The summed E-state index contributed by atoms with van der Waals surface area (Å²) in [5, 5.41) is 0. The van der Waals surface area contributed by atoms with Crippen LogP contribution in [0.25, 0.3) is 0 Å². The Labute approximate surface area is 123 Å². The van der Waals surface area contributed by atoms with Crippen molar-refractivity contribution in [3.8, 4) is 0 Å². The van der Waals surface area contributed by atoms with Crippen LogP contribution < -0.4 is 0 Å². The maximum atomic E-state index is 12.6. The van der Waals surface area contributed by atoms with Crippen LogP contribution in [0.4, 0.5) is 0 Å². The molecule has 0 spiro atoms. The molecule has 0 amide bonds. The minimum atomic E-state index is -0.00212. The van der Waals surface area contributed by atoms with E-state index >= 15 is 0 Å². The first-order valence-corrected chi connectivity index (χ1v) is 7.72. The summed E-state index contributed by atoms with van der Waals surface area (Å²) in [6.07, 6.45) is 1.51. The van der Waals surface area contributed by atoms with Crippen molar-refractivity contribution >= 4 is 5.78 Å². The molecule has 3 heteroatoms. The van der Waals surface area contributed by atoms with Crippen LogP contribution in [0.5, 0.6) is 0 Å². The Balaban J connectivity index is 1.61. The van der Waals surface area contributed by atoms with Gasteiger partial charge in [0.05, 0.1) is 12.0 Å². The smallest absolute Gasteiger partial charge is 0.163 e. The fraction of sp³-hybridized carbons (Fsp3) is 0.500. The molecule has 1 aliphatic carbocycles. The fourth-order valence-corrected chi connectivity index (χ4v) is 4.60. The van der Waals surface area contributed by atoms with Gasteiger partial charge in [-0.3, -0.25) is 4.79 Å². The zero-order chi connectivity index (χ0) is 14.4. The zero-order valence-electron chi connectivity index (χ0n) is 12.3. The van der Waals surface area contributed by atoms with E-state index in [-0.39, 0.29) is 35.4 Å². The van der Waals surface area contributed by atoms with Crippen molar-refractivity contribution in [1.82, 2.24) is 0 Å². The topological polar surface area (TPSA) is 35.5 Å². The summed E-state index contributed by atoms with van der Waals surface area (Å²) in [5.74, 6) is 1.32. The number of hydrogen-bond donors (Lipinski definition) is 0. The van der Waals surface area contributed by atoms with Gasteiger partial charge in [0.15, 0.2) is 5.78 Å². The molecule has 3 aliphatic heterocycles. The molecule has 4 atom stereocenters. The van der Waals surface area contributed by atoms with E-state index in [1.54, 1.807) is 0 Å². The molecule has 1 aromatic rings. The lowest BCUT2D eigenvalue weighted by atomic mass is 9.71. The van der Waals surface area contributed by atoms with E-state index in [4.69, 9.17) is 9.47 Å². The number of Topliss-reactive ketones (excluding diaryl/α,β-unsaturated/α-hetero) is 1. The van der Waals surface area contributed by atoms with Gasteiger partial charge in [0.1, 0.15) is 18.0 Å². The molecule has 108 valence electrons. The molecular formula is C18H18O3.